The number of carbonyl (C=O) groups excluding carboxylic acids is 1. The van der Waals surface area contributed by atoms with Crippen molar-refractivity contribution in [3.63, 3.8) is 0 Å². The molecule has 1 aromatic carbocycles. The van der Waals surface area contributed by atoms with Crippen molar-refractivity contribution in [1.82, 2.24) is 15.4 Å². The number of hydrazone groups is 1. The lowest BCUT2D eigenvalue weighted by Gasteiger charge is -2.04. The Hall–Kier alpha value is -3.20. The van der Waals surface area contributed by atoms with E-state index < -0.39 is 0 Å². The van der Waals surface area contributed by atoms with E-state index in [-0.39, 0.29) is 24.7 Å². The number of benzene rings is 1. The lowest BCUT2D eigenvalue weighted by Crippen LogP contribution is -2.24. The standard InChI is InChI=1S/C19H18N4O4S/c1-9-11(3)28-19-17(9)18(25)20-15(21-19)7-16(24)23-22-10(2)12-4-5-13-14(6-12)27-8-26-13/h4-6H,7-8H2,1-3H3,(H,23,24)(H,20,21,25)/b22-10-. The number of hydrogen-bond donors (Lipinski definition) is 2. The monoisotopic (exact) mass is 398 g/mol. The van der Waals surface area contributed by atoms with E-state index >= 15 is 0 Å². The van der Waals surface area contributed by atoms with Gasteiger partial charge in [-0.2, -0.15) is 5.10 Å². The van der Waals surface area contributed by atoms with Crippen LogP contribution >= 0.6 is 11.3 Å². The van der Waals surface area contributed by atoms with Gasteiger partial charge < -0.3 is 14.5 Å². The maximum absolute atomic E-state index is 12.3. The first-order valence-corrected chi connectivity index (χ1v) is 9.46. The molecule has 0 saturated carbocycles. The number of aryl methyl sites for hydroxylation is 2. The summed E-state index contributed by atoms with van der Waals surface area (Å²) >= 11 is 1.45. The van der Waals surface area contributed by atoms with Gasteiger partial charge in [0.2, 0.25) is 12.7 Å². The number of aromatic amines is 1. The Labute approximate surface area is 164 Å². The van der Waals surface area contributed by atoms with Gasteiger partial charge in [0, 0.05) is 10.4 Å². The van der Waals surface area contributed by atoms with Gasteiger partial charge in [0.1, 0.15) is 10.7 Å². The second-order valence-corrected chi connectivity index (χ2v) is 7.66. The Bertz CT molecular complexity index is 1180. The van der Waals surface area contributed by atoms with Crippen LogP contribution in [0.4, 0.5) is 0 Å². The van der Waals surface area contributed by atoms with Crippen molar-refractivity contribution in [2.75, 3.05) is 6.79 Å². The first-order chi connectivity index (χ1) is 13.4. The van der Waals surface area contributed by atoms with E-state index in [1.807, 2.05) is 26.0 Å². The SMILES string of the molecule is C/C(=N/NC(=O)Cc1nc2sc(C)c(C)c2c(=O)[nH]1)c1ccc2c(c1)OCO2. The number of rotatable bonds is 4. The summed E-state index contributed by atoms with van der Waals surface area (Å²) in [5.41, 5.74) is 4.62. The second kappa shape index (κ2) is 7.08. The molecule has 0 unspecified atom stereocenters. The van der Waals surface area contributed by atoms with Crippen LogP contribution in [0.1, 0.15) is 28.8 Å². The van der Waals surface area contributed by atoms with Gasteiger partial charge in [-0.15, -0.1) is 11.3 Å². The molecule has 0 radical (unpaired) electrons. The van der Waals surface area contributed by atoms with Gasteiger partial charge >= 0.3 is 0 Å². The van der Waals surface area contributed by atoms with Crippen molar-refractivity contribution in [2.45, 2.75) is 27.2 Å². The highest BCUT2D eigenvalue weighted by Gasteiger charge is 2.15. The van der Waals surface area contributed by atoms with Gasteiger partial charge in [-0.25, -0.2) is 10.4 Å². The van der Waals surface area contributed by atoms with Crippen LogP contribution in [0.5, 0.6) is 11.5 Å². The Morgan fingerprint density at radius 1 is 1.32 bits per heavy atom. The molecule has 1 aliphatic heterocycles. The number of aromatic nitrogens is 2. The molecule has 0 atom stereocenters. The predicted octanol–water partition coefficient (Wildman–Crippen LogP) is 2.41. The van der Waals surface area contributed by atoms with Crippen molar-refractivity contribution in [3.05, 3.63) is 50.4 Å². The maximum Gasteiger partial charge on any atom is 0.259 e. The number of fused-ring (bicyclic) bond motifs is 2. The zero-order valence-corrected chi connectivity index (χ0v) is 16.4. The average molecular weight is 398 g/mol. The summed E-state index contributed by atoms with van der Waals surface area (Å²) in [4.78, 5) is 33.3. The molecule has 144 valence electrons. The summed E-state index contributed by atoms with van der Waals surface area (Å²) in [6.07, 6.45) is -0.0703. The molecule has 9 heteroatoms. The third-order valence-electron chi connectivity index (χ3n) is 4.55. The van der Waals surface area contributed by atoms with E-state index in [0.29, 0.717) is 33.3 Å². The van der Waals surface area contributed by atoms with Gasteiger partial charge in [-0.3, -0.25) is 9.59 Å². The summed E-state index contributed by atoms with van der Waals surface area (Å²) in [5.74, 6) is 1.28. The minimum Gasteiger partial charge on any atom is -0.454 e. The predicted molar refractivity (Wildman–Crippen MR) is 106 cm³/mol. The van der Waals surface area contributed by atoms with Crippen LogP contribution < -0.4 is 20.5 Å². The molecule has 28 heavy (non-hydrogen) atoms. The highest BCUT2D eigenvalue weighted by atomic mass is 32.1. The van der Waals surface area contributed by atoms with Gasteiger partial charge in [0.15, 0.2) is 11.5 Å². The van der Waals surface area contributed by atoms with E-state index in [2.05, 4.69) is 20.5 Å². The quantitative estimate of drug-likeness (QED) is 0.519. The summed E-state index contributed by atoms with van der Waals surface area (Å²) in [7, 11) is 0. The summed E-state index contributed by atoms with van der Waals surface area (Å²) in [6, 6.07) is 5.45. The smallest absolute Gasteiger partial charge is 0.259 e. The lowest BCUT2D eigenvalue weighted by atomic mass is 10.1. The fourth-order valence-electron chi connectivity index (χ4n) is 2.91. The van der Waals surface area contributed by atoms with Crippen LogP contribution in [0.25, 0.3) is 10.2 Å². The number of ether oxygens (including phenoxy) is 2. The maximum atomic E-state index is 12.3. The van der Waals surface area contributed by atoms with Gasteiger partial charge in [0.05, 0.1) is 17.5 Å². The fraction of sp³-hybridized carbons (Fsp3) is 0.263. The highest BCUT2D eigenvalue weighted by molar-refractivity contribution is 7.18. The fourth-order valence-corrected chi connectivity index (χ4v) is 3.96. The Kier molecular flexibility index (Phi) is 4.60. The van der Waals surface area contributed by atoms with E-state index in [1.54, 1.807) is 13.0 Å². The van der Waals surface area contributed by atoms with E-state index in [0.717, 1.165) is 16.0 Å². The van der Waals surface area contributed by atoms with Crippen molar-refractivity contribution < 1.29 is 14.3 Å². The molecule has 3 aromatic rings. The largest absolute Gasteiger partial charge is 0.454 e. The van der Waals surface area contributed by atoms with Crippen molar-refractivity contribution >= 4 is 33.2 Å². The number of nitrogens with one attached hydrogen (secondary N) is 2. The lowest BCUT2D eigenvalue weighted by molar-refractivity contribution is -0.120. The highest BCUT2D eigenvalue weighted by Crippen LogP contribution is 2.32. The first kappa shape index (κ1) is 18.2. The molecule has 4 rings (SSSR count). The zero-order chi connectivity index (χ0) is 19.8. The van der Waals surface area contributed by atoms with Crippen LogP contribution in [0.15, 0.2) is 28.1 Å². The first-order valence-electron chi connectivity index (χ1n) is 8.64. The van der Waals surface area contributed by atoms with E-state index in [4.69, 9.17) is 9.47 Å². The number of thiophene rings is 1. The third kappa shape index (κ3) is 3.36. The van der Waals surface area contributed by atoms with Gasteiger partial charge in [0.25, 0.3) is 5.56 Å². The second-order valence-electron chi connectivity index (χ2n) is 6.45. The number of hydrogen-bond acceptors (Lipinski definition) is 7. The molecule has 0 spiro atoms. The summed E-state index contributed by atoms with van der Waals surface area (Å²) in [5, 5.41) is 4.71. The van der Waals surface area contributed by atoms with Crippen LogP contribution in [0.2, 0.25) is 0 Å². The molecule has 0 aliphatic carbocycles. The molecule has 0 bridgehead atoms. The van der Waals surface area contributed by atoms with Crippen LogP contribution in [0, 0.1) is 13.8 Å². The zero-order valence-electron chi connectivity index (χ0n) is 15.6. The van der Waals surface area contributed by atoms with Crippen molar-refractivity contribution in [1.29, 1.82) is 0 Å². The Balaban J connectivity index is 1.48. The molecule has 1 aliphatic rings. The molecular weight excluding hydrogens is 380 g/mol. The molecule has 1 amide bonds. The molecule has 0 saturated heterocycles. The van der Waals surface area contributed by atoms with E-state index in [1.165, 1.54) is 11.3 Å². The topological polar surface area (TPSA) is 106 Å². The molecular formula is C19H18N4O4S. The molecule has 3 heterocycles. The van der Waals surface area contributed by atoms with Crippen LogP contribution in [-0.2, 0) is 11.2 Å². The van der Waals surface area contributed by atoms with Gasteiger partial charge in [-0.05, 0) is 44.5 Å². The normalized spacial score (nSPS) is 13.2. The number of carbonyl (C=O) groups is 1. The summed E-state index contributed by atoms with van der Waals surface area (Å²) < 4.78 is 10.6. The Morgan fingerprint density at radius 2 is 2.11 bits per heavy atom. The van der Waals surface area contributed by atoms with Gasteiger partial charge in [-0.1, -0.05) is 0 Å². The number of H-pyrrole nitrogens is 1. The molecule has 2 aromatic heterocycles. The van der Waals surface area contributed by atoms with Crippen molar-refractivity contribution in [2.24, 2.45) is 5.10 Å². The minimum absolute atomic E-state index is 0.0703. The molecule has 8 nitrogen and oxygen atoms in total. The summed E-state index contributed by atoms with van der Waals surface area (Å²) in [6.45, 7) is 5.82. The van der Waals surface area contributed by atoms with Crippen LogP contribution in [-0.4, -0.2) is 28.4 Å². The third-order valence-corrected chi connectivity index (χ3v) is 5.66. The minimum atomic E-state index is -0.368. The number of amides is 1. The van der Waals surface area contributed by atoms with Crippen molar-refractivity contribution in [3.8, 4) is 11.5 Å². The molecule has 2 N–H and O–H groups in total. The average Bonchev–Trinajstić information content (AvgIpc) is 3.23. The van der Waals surface area contributed by atoms with E-state index in [9.17, 15) is 9.59 Å². The molecule has 0 fully saturated rings. The Morgan fingerprint density at radius 3 is 2.93 bits per heavy atom. The van der Waals surface area contributed by atoms with Crippen LogP contribution in [0.3, 0.4) is 0 Å². The number of nitrogens with zero attached hydrogens (tertiary/aromatic N) is 2.